The van der Waals surface area contributed by atoms with Gasteiger partial charge in [0.05, 0.1) is 40.4 Å². The van der Waals surface area contributed by atoms with Crippen molar-refractivity contribution in [1.29, 1.82) is 0 Å². The maximum atomic E-state index is 13.4. The van der Waals surface area contributed by atoms with E-state index in [1.165, 1.54) is 24.3 Å². The standard InChI is InChI=1S/C20H22ClFN4O2.C14H16FNO.C5H8ClN3.CH3I/c1-25-17(16(21)11-24-25)12-23-19(28)26-6-4-20(5-7-26)9-13-2-3-14(22)8-15(13)18(27)10-20;15-11-2-1-10-8-14(3-5-16-6-4-14)9-13(17)12(10)7-11;1-9-5(2-7)4(6)3-8-9;1-2/h2-3,8,11H,4-7,9-10,12H2,1H3,(H,23,28);1-2,7,16H,3-6,8-9H2;3H,2,7H2,1H3;1H3/i;;;1D. The van der Waals surface area contributed by atoms with Crippen LogP contribution in [-0.2, 0) is 40.0 Å². The van der Waals surface area contributed by atoms with E-state index < -0.39 is 0 Å². The minimum Gasteiger partial charge on any atom is -0.332 e. The molecule has 56 heavy (non-hydrogen) atoms. The van der Waals surface area contributed by atoms with Crippen molar-refractivity contribution < 1.29 is 24.5 Å². The number of likely N-dealkylation sites (tertiary alicyclic amines) is 1. The number of fused-ring (bicyclic) bond motifs is 2. The molecule has 11 nitrogen and oxygen atoms in total. The van der Waals surface area contributed by atoms with E-state index in [1.54, 1.807) is 45.8 Å². The molecule has 8 rings (SSSR count). The van der Waals surface area contributed by atoms with Crippen LogP contribution < -0.4 is 16.4 Å². The fourth-order valence-corrected chi connectivity index (χ4v) is 8.63. The van der Waals surface area contributed by atoms with Gasteiger partial charge in [-0.05, 0) is 103 Å². The minimum atomic E-state index is -0.372. The predicted octanol–water partition coefficient (Wildman–Crippen LogP) is 7.24. The third-order valence-corrected chi connectivity index (χ3v) is 12.0. The molecule has 2 spiro atoms. The highest BCUT2D eigenvalue weighted by molar-refractivity contribution is 14.1. The lowest BCUT2D eigenvalue weighted by Gasteiger charge is -2.44. The zero-order valence-corrected chi connectivity index (χ0v) is 35.3. The average molecular weight is 927 g/mol. The second-order valence-corrected chi connectivity index (χ2v) is 15.7. The van der Waals surface area contributed by atoms with Gasteiger partial charge in [0.15, 0.2) is 11.6 Å². The van der Waals surface area contributed by atoms with Gasteiger partial charge in [-0.25, -0.2) is 13.6 Å². The molecule has 16 heteroatoms. The van der Waals surface area contributed by atoms with E-state index >= 15 is 0 Å². The summed E-state index contributed by atoms with van der Waals surface area (Å²) in [5.74, 6) is -0.557. The number of nitrogens with one attached hydrogen (secondary N) is 2. The number of amides is 2. The Kier molecular flexibility index (Phi) is 14.6. The number of rotatable bonds is 3. The highest BCUT2D eigenvalue weighted by Gasteiger charge is 2.42. The van der Waals surface area contributed by atoms with Gasteiger partial charge < -0.3 is 21.3 Å². The molecule has 4 aromatic rings. The van der Waals surface area contributed by atoms with Crippen molar-refractivity contribution in [3.63, 3.8) is 0 Å². The van der Waals surface area contributed by atoms with Crippen LogP contribution in [0.4, 0.5) is 13.6 Å². The third-order valence-electron chi connectivity index (χ3n) is 11.3. The summed E-state index contributed by atoms with van der Waals surface area (Å²) < 4.78 is 36.1. The number of urea groups is 1. The van der Waals surface area contributed by atoms with Crippen LogP contribution in [0, 0.1) is 22.5 Å². The van der Waals surface area contributed by atoms with E-state index in [-0.39, 0.29) is 40.1 Å². The number of aromatic nitrogens is 4. The zero-order chi connectivity index (χ0) is 41.3. The molecule has 4 N–H and O–H groups in total. The maximum absolute atomic E-state index is 13.4. The Morgan fingerprint density at radius 2 is 1.32 bits per heavy atom. The van der Waals surface area contributed by atoms with Crippen LogP contribution in [0.1, 0.15) is 83.1 Å². The predicted molar refractivity (Wildman–Crippen MR) is 222 cm³/mol. The first kappa shape index (κ1) is 42.2. The van der Waals surface area contributed by atoms with Gasteiger partial charge in [-0.15, -0.1) is 0 Å². The number of halogens is 5. The first-order chi connectivity index (χ1) is 27.2. The number of carbonyl (C=O) groups is 3. The molecule has 2 aromatic carbocycles. The maximum Gasteiger partial charge on any atom is 0.317 e. The van der Waals surface area contributed by atoms with E-state index in [4.69, 9.17) is 30.3 Å². The topological polar surface area (TPSA) is 140 Å². The summed E-state index contributed by atoms with van der Waals surface area (Å²) in [4.78, 5) is 39.4. The summed E-state index contributed by atoms with van der Waals surface area (Å²) in [5.41, 5.74) is 10.0. The lowest BCUT2D eigenvalue weighted by molar-refractivity contribution is 0.0734. The number of nitrogens with two attached hydrogens (primary N) is 1. The molecule has 4 heterocycles. The van der Waals surface area contributed by atoms with Crippen LogP contribution in [0.15, 0.2) is 48.8 Å². The molecule has 2 saturated heterocycles. The van der Waals surface area contributed by atoms with Crippen LogP contribution in [0.2, 0.25) is 10.0 Å². The smallest absolute Gasteiger partial charge is 0.317 e. The first-order valence-electron chi connectivity index (χ1n) is 19.2. The molecule has 302 valence electrons. The molecule has 2 fully saturated rings. The lowest BCUT2D eigenvalue weighted by atomic mass is 9.66. The summed E-state index contributed by atoms with van der Waals surface area (Å²) in [7, 11) is 3.59. The van der Waals surface area contributed by atoms with E-state index in [0.717, 1.165) is 74.1 Å². The van der Waals surface area contributed by atoms with E-state index in [0.29, 0.717) is 65.1 Å². The minimum absolute atomic E-state index is 0.00417. The molecular formula is C40H49Cl2F2IN8O3. The highest BCUT2D eigenvalue weighted by Crippen LogP contribution is 2.44. The monoisotopic (exact) mass is 925 g/mol. The van der Waals surface area contributed by atoms with Crippen LogP contribution in [0.5, 0.6) is 0 Å². The van der Waals surface area contributed by atoms with Crippen molar-refractivity contribution in [2.75, 3.05) is 31.1 Å². The number of Topliss-reactive ketones (excluding diaryl/α,β-unsaturated/α-hetero) is 2. The zero-order valence-electron chi connectivity index (χ0n) is 32.7. The summed E-state index contributed by atoms with van der Waals surface area (Å²) in [6, 6.07) is 8.98. The number of aryl methyl sites for hydroxylation is 2. The number of hydrogen-bond acceptors (Lipinski definition) is 7. The Hall–Kier alpha value is -3.44. The molecule has 0 saturated carbocycles. The van der Waals surface area contributed by atoms with Gasteiger partial charge in [0, 0.05) is 59.1 Å². The van der Waals surface area contributed by atoms with Crippen LogP contribution in [0.3, 0.4) is 0 Å². The van der Waals surface area contributed by atoms with E-state index in [1.807, 2.05) is 29.6 Å². The molecule has 2 aliphatic heterocycles. The first-order valence-corrected chi connectivity index (χ1v) is 20.8. The summed E-state index contributed by atoms with van der Waals surface area (Å²) >= 11 is 13.7. The van der Waals surface area contributed by atoms with Crippen LogP contribution in [-0.4, -0.2) is 73.1 Å². The van der Waals surface area contributed by atoms with Crippen LogP contribution in [0.25, 0.3) is 0 Å². The van der Waals surface area contributed by atoms with Crippen molar-refractivity contribution in [1.82, 2.24) is 35.1 Å². The summed E-state index contributed by atoms with van der Waals surface area (Å²) in [6.07, 6.45) is 9.45. The van der Waals surface area contributed by atoms with Crippen molar-refractivity contribution in [2.24, 2.45) is 30.7 Å². The fraction of sp³-hybridized carbons (Fsp3) is 0.475. The largest absolute Gasteiger partial charge is 0.332 e. The van der Waals surface area contributed by atoms with Gasteiger partial charge in [-0.3, -0.25) is 19.0 Å². The molecule has 0 atom stereocenters. The van der Waals surface area contributed by atoms with Gasteiger partial charge >= 0.3 is 6.03 Å². The van der Waals surface area contributed by atoms with E-state index in [9.17, 15) is 23.2 Å². The molecule has 4 aliphatic rings. The second-order valence-electron chi connectivity index (χ2n) is 14.9. The fourth-order valence-electron chi connectivity index (χ4n) is 8.15. The van der Waals surface area contributed by atoms with Gasteiger partial charge in [-0.1, -0.05) is 57.9 Å². The Morgan fingerprint density at radius 3 is 1.75 bits per heavy atom. The average Bonchev–Trinajstić information content (AvgIpc) is 3.69. The van der Waals surface area contributed by atoms with Crippen LogP contribution >= 0.6 is 45.8 Å². The quantitative estimate of drug-likeness (QED) is 0.146. The second kappa shape index (κ2) is 19.3. The normalized spacial score (nSPS) is 17.9. The van der Waals surface area contributed by atoms with Crippen molar-refractivity contribution in [3.8, 4) is 0 Å². The van der Waals surface area contributed by atoms with Crippen molar-refractivity contribution in [3.05, 3.63) is 104 Å². The van der Waals surface area contributed by atoms with Gasteiger partial charge in [0.2, 0.25) is 0 Å². The van der Waals surface area contributed by atoms with Crippen molar-refractivity contribution in [2.45, 2.75) is 64.5 Å². The SMILES string of the molecule is Cn1ncc(Cl)c1CN.Cn1ncc(Cl)c1CNC(=O)N1CCC2(CC1)CC(=O)c1cc(F)ccc1C2.O=C1CC2(CCNCC2)Cc2ccc(F)cc21.[2H]CI. The summed E-state index contributed by atoms with van der Waals surface area (Å²) in [5, 5.41) is 15.3. The molecule has 0 unspecified atom stereocenters. The number of hydrogen-bond donors (Lipinski definition) is 3. The molecule has 0 radical (unpaired) electrons. The van der Waals surface area contributed by atoms with Gasteiger partial charge in [-0.2, -0.15) is 10.2 Å². The number of benzene rings is 2. The van der Waals surface area contributed by atoms with Gasteiger partial charge in [0.1, 0.15) is 11.6 Å². The molecule has 2 amide bonds. The van der Waals surface area contributed by atoms with E-state index in [2.05, 4.69) is 20.8 Å². The molecular weight excluding hydrogens is 876 g/mol. The van der Waals surface area contributed by atoms with Gasteiger partial charge in [0.25, 0.3) is 0 Å². The highest BCUT2D eigenvalue weighted by atomic mass is 127. The molecule has 0 bridgehead atoms. The number of carbonyl (C=O) groups excluding carboxylic acids is 3. The number of ketones is 2. The Morgan fingerprint density at radius 1 is 0.857 bits per heavy atom. The molecule has 2 aliphatic carbocycles. The number of alkyl halides is 1. The number of piperidine rings is 2. The Balaban J connectivity index is 0.000000180. The molecule has 2 aromatic heterocycles. The lowest BCUT2D eigenvalue weighted by Crippen LogP contribution is -2.49. The summed E-state index contributed by atoms with van der Waals surface area (Å²) in [6.45, 7) is 3.92. The van der Waals surface area contributed by atoms with Crippen molar-refractivity contribution >= 4 is 63.4 Å². The number of nitrogens with zero attached hydrogens (tertiary/aromatic N) is 5. The third kappa shape index (κ3) is 10.3. The Labute approximate surface area is 351 Å². The Bertz CT molecular complexity index is 2010.